The second-order valence-electron chi connectivity index (χ2n) is 4.96. The van der Waals surface area contributed by atoms with Gasteiger partial charge in [0.15, 0.2) is 0 Å². The van der Waals surface area contributed by atoms with Crippen molar-refractivity contribution in [2.24, 2.45) is 5.73 Å². The molecule has 1 atom stereocenters. The predicted octanol–water partition coefficient (Wildman–Crippen LogP) is 0.116. The SMILES string of the molecule is NC(=O)CN1C(=O)NC(Cc2c[nH]c3ccccc23)C1=O. The Morgan fingerprint density at radius 3 is 2.81 bits per heavy atom. The minimum absolute atomic E-state index is 0.365. The molecule has 0 radical (unpaired) electrons. The number of hydrogen-bond acceptors (Lipinski definition) is 3. The molecule has 21 heavy (non-hydrogen) atoms. The van der Waals surface area contributed by atoms with E-state index < -0.39 is 30.4 Å². The van der Waals surface area contributed by atoms with Gasteiger partial charge in [0.25, 0.3) is 5.91 Å². The molecule has 1 aromatic heterocycles. The number of primary amides is 1. The van der Waals surface area contributed by atoms with Crippen LogP contribution in [0.1, 0.15) is 5.56 Å². The summed E-state index contributed by atoms with van der Waals surface area (Å²) in [5.74, 6) is -1.14. The normalized spacial score (nSPS) is 18.3. The van der Waals surface area contributed by atoms with Gasteiger partial charge in [0, 0.05) is 23.5 Å². The first kappa shape index (κ1) is 13.2. The van der Waals surface area contributed by atoms with Gasteiger partial charge in [-0.1, -0.05) is 18.2 Å². The van der Waals surface area contributed by atoms with Gasteiger partial charge < -0.3 is 16.0 Å². The average Bonchev–Trinajstić information content (AvgIpc) is 2.96. The summed E-state index contributed by atoms with van der Waals surface area (Å²) in [6.45, 7) is -0.394. The third-order valence-electron chi connectivity index (χ3n) is 3.52. The minimum atomic E-state index is -0.716. The molecule has 7 heteroatoms. The Balaban J connectivity index is 1.81. The maximum absolute atomic E-state index is 12.1. The van der Waals surface area contributed by atoms with E-state index in [1.165, 1.54) is 0 Å². The van der Waals surface area contributed by atoms with Crippen molar-refractivity contribution < 1.29 is 14.4 Å². The van der Waals surface area contributed by atoms with Gasteiger partial charge in [-0.15, -0.1) is 0 Å². The zero-order valence-electron chi connectivity index (χ0n) is 11.1. The third kappa shape index (κ3) is 2.33. The summed E-state index contributed by atoms with van der Waals surface area (Å²) in [4.78, 5) is 38.7. The van der Waals surface area contributed by atoms with Crippen LogP contribution >= 0.6 is 0 Å². The Morgan fingerprint density at radius 2 is 2.05 bits per heavy atom. The summed E-state index contributed by atoms with van der Waals surface area (Å²) in [5, 5.41) is 3.59. The van der Waals surface area contributed by atoms with Crippen LogP contribution in [0.3, 0.4) is 0 Å². The number of aromatic nitrogens is 1. The summed E-state index contributed by atoms with van der Waals surface area (Å²) in [5.41, 5.74) is 6.94. The fourth-order valence-corrected chi connectivity index (χ4v) is 2.54. The molecule has 1 unspecified atom stereocenters. The minimum Gasteiger partial charge on any atom is -0.368 e. The van der Waals surface area contributed by atoms with Crippen LogP contribution < -0.4 is 11.1 Å². The first-order chi connectivity index (χ1) is 10.1. The van der Waals surface area contributed by atoms with E-state index in [1.807, 2.05) is 30.5 Å². The van der Waals surface area contributed by atoms with Crippen molar-refractivity contribution in [1.29, 1.82) is 0 Å². The van der Waals surface area contributed by atoms with Crippen molar-refractivity contribution in [3.63, 3.8) is 0 Å². The molecule has 3 rings (SSSR count). The highest BCUT2D eigenvalue weighted by molar-refractivity contribution is 6.06. The lowest BCUT2D eigenvalue weighted by atomic mass is 10.1. The van der Waals surface area contributed by atoms with Crippen LogP contribution in [0.15, 0.2) is 30.5 Å². The number of amides is 4. The second kappa shape index (κ2) is 4.93. The first-order valence-electron chi connectivity index (χ1n) is 6.51. The van der Waals surface area contributed by atoms with Crippen LogP contribution in [0.25, 0.3) is 10.9 Å². The van der Waals surface area contributed by atoms with E-state index in [0.717, 1.165) is 21.4 Å². The van der Waals surface area contributed by atoms with Gasteiger partial charge in [0.1, 0.15) is 12.6 Å². The highest BCUT2D eigenvalue weighted by Gasteiger charge is 2.38. The monoisotopic (exact) mass is 286 g/mol. The topological polar surface area (TPSA) is 108 Å². The number of para-hydroxylation sites is 1. The number of nitrogens with two attached hydrogens (primary N) is 1. The molecule has 1 fully saturated rings. The van der Waals surface area contributed by atoms with E-state index in [9.17, 15) is 14.4 Å². The number of nitrogens with one attached hydrogen (secondary N) is 2. The van der Waals surface area contributed by atoms with E-state index in [-0.39, 0.29) is 0 Å². The van der Waals surface area contributed by atoms with Gasteiger partial charge in [-0.05, 0) is 11.6 Å². The van der Waals surface area contributed by atoms with Gasteiger partial charge in [-0.2, -0.15) is 0 Å². The maximum Gasteiger partial charge on any atom is 0.325 e. The molecule has 0 spiro atoms. The molecule has 1 saturated heterocycles. The molecule has 2 heterocycles. The summed E-state index contributed by atoms with van der Waals surface area (Å²) >= 11 is 0. The molecule has 108 valence electrons. The van der Waals surface area contributed by atoms with Crippen molar-refractivity contribution in [1.82, 2.24) is 15.2 Å². The lowest BCUT2D eigenvalue weighted by Crippen LogP contribution is -2.39. The van der Waals surface area contributed by atoms with E-state index >= 15 is 0 Å². The molecule has 4 N–H and O–H groups in total. The summed E-state index contributed by atoms with van der Waals surface area (Å²) in [7, 11) is 0. The number of hydrogen-bond donors (Lipinski definition) is 3. The van der Waals surface area contributed by atoms with Gasteiger partial charge in [0.2, 0.25) is 5.91 Å². The van der Waals surface area contributed by atoms with Crippen molar-refractivity contribution in [2.75, 3.05) is 6.54 Å². The predicted molar refractivity (Wildman–Crippen MR) is 75.2 cm³/mol. The standard InChI is InChI=1S/C14H14N4O3/c15-12(19)7-18-13(20)11(17-14(18)21)5-8-6-16-10-4-2-1-3-9(8)10/h1-4,6,11,16H,5,7H2,(H2,15,19)(H,17,21). The molecule has 1 aromatic carbocycles. The van der Waals surface area contributed by atoms with Crippen LogP contribution in [-0.2, 0) is 16.0 Å². The Labute approximate surface area is 120 Å². The summed E-state index contributed by atoms with van der Waals surface area (Å²) in [6.07, 6.45) is 2.19. The number of imide groups is 1. The Morgan fingerprint density at radius 1 is 1.29 bits per heavy atom. The molecule has 1 aliphatic heterocycles. The molecule has 1 aliphatic rings. The largest absolute Gasteiger partial charge is 0.368 e. The number of benzene rings is 1. The van der Waals surface area contributed by atoms with Gasteiger partial charge in [-0.3, -0.25) is 14.5 Å². The van der Waals surface area contributed by atoms with Crippen LogP contribution in [0.4, 0.5) is 4.79 Å². The summed E-state index contributed by atoms with van der Waals surface area (Å²) in [6, 6.07) is 6.46. The van der Waals surface area contributed by atoms with E-state index in [1.54, 1.807) is 0 Å². The molecular formula is C14H14N4O3. The lowest BCUT2D eigenvalue weighted by Gasteiger charge is -2.10. The Hall–Kier alpha value is -2.83. The number of carbonyl (C=O) groups excluding carboxylic acids is 3. The highest BCUT2D eigenvalue weighted by Crippen LogP contribution is 2.20. The average molecular weight is 286 g/mol. The number of aromatic amines is 1. The Bertz CT molecular complexity index is 737. The fraction of sp³-hybridized carbons (Fsp3) is 0.214. The smallest absolute Gasteiger partial charge is 0.325 e. The van der Waals surface area contributed by atoms with E-state index in [4.69, 9.17) is 5.73 Å². The zero-order chi connectivity index (χ0) is 15.0. The summed E-state index contributed by atoms with van der Waals surface area (Å²) < 4.78 is 0. The molecule has 7 nitrogen and oxygen atoms in total. The van der Waals surface area contributed by atoms with Crippen LogP contribution in [0, 0.1) is 0 Å². The number of carbonyl (C=O) groups is 3. The molecule has 0 aliphatic carbocycles. The third-order valence-corrected chi connectivity index (χ3v) is 3.52. The highest BCUT2D eigenvalue weighted by atomic mass is 16.2. The molecular weight excluding hydrogens is 272 g/mol. The number of H-pyrrole nitrogens is 1. The van der Waals surface area contributed by atoms with Crippen molar-refractivity contribution in [3.05, 3.63) is 36.0 Å². The Kier molecular flexibility index (Phi) is 3.09. The van der Waals surface area contributed by atoms with E-state index in [0.29, 0.717) is 6.42 Å². The molecule has 0 saturated carbocycles. The van der Waals surface area contributed by atoms with Crippen molar-refractivity contribution in [2.45, 2.75) is 12.5 Å². The fourth-order valence-electron chi connectivity index (χ4n) is 2.54. The van der Waals surface area contributed by atoms with E-state index in [2.05, 4.69) is 10.3 Å². The maximum atomic E-state index is 12.1. The molecule has 0 bridgehead atoms. The lowest BCUT2D eigenvalue weighted by molar-refractivity contribution is -0.131. The van der Waals surface area contributed by atoms with Crippen LogP contribution in [-0.4, -0.2) is 40.3 Å². The quantitative estimate of drug-likeness (QED) is 0.694. The number of nitrogens with zero attached hydrogens (tertiary/aromatic N) is 1. The number of urea groups is 1. The first-order valence-corrected chi connectivity index (χ1v) is 6.51. The van der Waals surface area contributed by atoms with Crippen LogP contribution in [0.2, 0.25) is 0 Å². The second-order valence-corrected chi connectivity index (χ2v) is 4.96. The number of fused-ring (bicyclic) bond motifs is 1. The zero-order valence-corrected chi connectivity index (χ0v) is 11.1. The van der Waals surface area contributed by atoms with Gasteiger partial charge >= 0.3 is 6.03 Å². The van der Waals surface area contributed by atoms with Crippen molar-refractivity contribution >= 4 is 28.7 Å². The number of rotatable bonds is 4. The van der Waals surface area contributed by atoms with Gasteiger partial charge in [0.05, 0.1) is 0 Å². The molecule has 2 aromatic rings. The molecule has 4 amide bonds. The van der Waals surface area contributed by atoms with Crippen molar-refractivity contribution in [3.8, 4) is 0 Å². The van der Waals surface area contributed by atoms with Gasteiger partial charge in [-0.25, -0.2) is 4.79 Å². The van der Waals surface area contributed by atoms with Crippen LogP contribution in [0.5, 0.6) is 0 Å².